The van der Waals surface area contributed by atoms with Crippen molar-refractivity contribution in [3.63, 3.8) is 0 Å². The molecule has 4 aromatic heterocycles. The van der Waals surface area contributed by atoms with Crippen molar-refractivity contribution in [2.24, 2.45) is 0 Å². The molecule has 0 fully saturated rings. The monoisotopic (exact) mass is 310 g/mol. The Morgan fingerprint density at radius 1 is 0.864 bits per heavy atom. The van der Waals surface area contributed by atoms with Crippen molar-refractivity contribution in [2.45, 2.75) is 0 Å². The van der Waals surface area contributed by atoms with Crippen LogP contribution in [0.15, 0.2) is 66.2 Å². The van der Waals surface area contributed by atoms with Gasteiger partial charge in [-0.3, -0.25) is 14.8 Å². The van der Waals surface area contributed by atoms with Gasteiger partial charge in [0.15, 0.2) is 0 Å². The Morgan fingerprint density at radius 2 is 1.50 bits per heavy atom. The summed E-state index contributed by atoms with van der Waals surface area (Å²) >= 11 is 5.81. The minimum absolute atomic E-state index is 0.0874. The summed E-state index contributed by atoms with van der Waals surface area (Å²) in [4.78, 5) is 25.4. The van der Waals surface area contributed by atoms with E-state index >= 15 is 0 Å². The van der Waals surface area contributed by atoms with E-state index in [1.807, 2.05) is 24.3 Å². The van der Waals surface area contributed by atoms with Crippen LogP contribution >= 0.6 is 11.6 Å². The van der Waals surface area contributed by atoms with E-state index in [0.29, 0.717) is 10.5 Å². The number of aromatic nitrogens is 4. The quantitative estimate of drug-likeness (QED) is 0.506. The zero-order valence-corrected chi connectivity index (χ0v) is 12.2. The van der Waals surface area contributed by atoms with Crippen LogP contribution in [0.2, 0.25) is 5.15 Å². The lowest BCUT2D eigenvalue weighted by Gasteiger charge is -1.95. The molecule has 0 bridgehead atoms. The highest BCUT2D eigenvalue weighted by Crippen LogP contribution is 2.18. The van der Waals surface area contributed by atoms with Gasteiger partial charge in [0, 0.05) is 42.6 Å². The van der Waals surface area contributed by atoms with E-state index in [-0.39, 0.29) is 5.56 Å². The third-order valence-corrected chi connectivity index (χ3v) is 3.40. The molecular weight excluding hydrogens is 300 g/mol. The first kappa shape index (κ1) is 14.2. The van der Waals surface area contributed by atoms with Gasteiger partial charge < -0.3 is 4.98 Å². The number of fused-ring (bicyclic) bond motifs is 2. The van der Waals surface area contributed by atoms with Crippen LogP contribution in [-0.4, -0.2) is 19.9 Å². The van der Waals surface area contributed by atoms with Gasteiger partial charge in [0.05, 0.1) is 5.39 Å². The average molecular weight is 311 g/mol. The summed E-state index contributed by atoms with van der Waals surface area (Å²) in [5, 5.41) is 4.03. The predicted molar refractivity (Wildman–Crippen MR) is 86.9 cm³/mol. The lowest BCUT2D eigenvalue weighted by Crippen LogP contribution is -2.03. The Kier molecular flexibility index (Phi) is 4.07. The molecule has 4 rings (SSSR count). The fourth-order valence-corrected chi connectivity index (χ4v) is 2.21. The van der Waals surface area contributed by atoms with Gasteiger partial charge in [-0.25, -0.2) is 4.98 Å². The molecule has 1 N–H and O–H groups in total. The smallest absolute Gasteiger partial charge is 0.257 e. The number of hydrogen-bond donors (Lipinski definition) is 1. The molecule has 0 amide bonds. The summed E-state index contributed by atoms with van der Waals surface area (Å²) in [5.74, 6) is 0. The van der Waals surface area contributed by atoms with Gasteiger partial charge >= 0.3 is 0 Å². The highest BCUT2D eigenvalue weighted by molar-refractivity contribution is 6.34. The van der Waals surface area contributed by atoms with E-state index in [0.717, 1.165) is 16.2 Å². The molecule has 0 aliphatic carbocycles. The fraction of sp³-hybridized carbons (Fsp3) is 0. The Morgan fingerprint density at radius 3 is 2.18 bits per heavy atom. The standard InChI is InChI=1S/C8H5ClN2.C8H6N2O/c9-8-7-5-10-3-1-6(7)2-4-11-8;11-8-7-5-9-3-1-6(7)2-4-10-8/h1-5H;1-5H,(H,10,11). The molecule has 0 spiro atoms. The van der Waals surface area contributed by atoms with Crippen LogP contribution < -0.4 is 5.56 Å². The van der Waals surface area contributed by atoms with Gasteiger partial charge in [-0.15, -0.1) is 0 Å². The molecule has 0 aliphatic rings. The zero-order valence-electron chi connectivity index (χ0n) is 11.4. The second-order valence-corrected chi connectivity index (χ2v) is 4.83. The van der Waals surface area contributed by atoms with Gasteiger partial charge in [0.2, 0.25) is 0 Å². The molecule has 0 aliphatic heterocycles. The van der Waals surface area contributed by atoms with E-state index in [1.165, 1.54) is 0 Å². The molecule has 6 heteroatoms. The highest BCUT2D eigenvalue weighted by Gasteiger charge is 1.96. The van der Waals surface area contributed by atoms with Crippen molar-refractivity contribution in [3.05, 3.63) is 77.0 Å². The number of aromatic amines is 1. The molecule has 5 nitrogen and oxygen atoms in total. The Balaban J connectivity index is 0.000000131. The summed E-state index contributed by atoms with van der Waals surface area (Å²) in [6.45, 7) is 0. The lowest BCUT2D eigenvalue weighted by atomic mass is 10.2. The highest BCUT2D eigenvalue weighted by atomic mass is 35.5. The molecule has 108 valence electrons. The maximum absolute atomic E-state index is 11.1. The topological polar surface area (TPSA) is 71.5 Å². The van der Waals surface area contributed by atoms with Crippen LogP contribution in [0.25, 0.3) is 21.5 Å². The third kappa shape index (κ3) is 2.94. The van der Waals surface area contributed by atoms with Gasteiger partial charge in [0.1, 0.15) is 5.15 Å². The summed E-state index contributed by atoms with van der Waals surface area (Å²) in [5.41, 5.74) is -0.0874. The lowest BCUT2D eigenvalue weighted by molar-refractivity contribution is 1.26. The largest absolute Gasteiger partial charge is 0.329 e. The van der Waals surface area contributed by atoms with E-state index < -0.39 is 0 Å². The molecule has 0 aromatic carbocycles. The molecule has 0 radical (unpaired) electrons. The van der Waals surface area contributed by atoms with E-state index in [2.05, 4.69) is 19.9 Å². The molecule has 4 aromatic rings. The first-order valence-corrected chi connectivity index (χ1v) is 6.89. The van der Waals surface area contributed by atoms with Gasteiger partial charge in [-0.1, -0.05) is 11.6 Å². The molecule has 0 saturated heterocycles. The molecular formula is C16H11ClN4O. The first-order chi connectivity index (χ1) is 10.8. The number of nitrogens with one attached hydrogen (secondary N) is 1. The zero-order chi connectivity index (χ0) is 15.4. The first-order valence-electron chi connectivity index (χ1n) is 6.51. The fourth-order valence-electron chi connectivity index (χ4n) is 2.00. The van der Waals surface area contributed by atoms with Crippen molar-refractivity contribution < 1.29 is 0 Å². The van der Waals surface area contributed by atoms with E-state index in [1.54, 1.807) is 37.2 Å². The van der Waals surface area contributed by atoms with E-state index in [4.69, 9.17) is 11.6 Å². The molecule has 22 heavy (non-hydrogen) atoms. The number of nitrogens with zero attached hydrogens (tertiary/aromatic N) is 3. The molecule has 0 saturated carbocycles. The number of hydrogen-bond acceptors (Lipinski definition) is 4. The number of halogens is 1. The van der Waals surface area contributed by atoms with E-state index in [9.17, 15) is 4.79 Å². The normalized spacial score (nSPS) is 10.2. The van der Waals surface area contributed by atoms with Crippen LogP contribution in [0, 0.1) is 0 Å². The van der Waals surface area contributed by atoms with Crippen LogP contribution in [0.4, 0.5) is 0 Å². The Bertz CT molecular complexity index is 973. The van der Waals surface area contributed by atoms with Crippen molar-refractivity contribution in [3.8, 4) is 0 Å². The molecule has 0 unspecified atom stereocenters. The number of H-pyrrole nitrogens is 1. The summed E-state index contributed by atoms with van der Waals surface area (Å²) < 4.78 is 0. The maximum Gasteiger partial charge on any atom is 0.257 e. The SMILES string of the molecule is Clc1nccc2ccncc12.O=c1[nH]ccc2ccncc12. The number of pyridine rings is 4. The van der Waals surface area contributed by atoms with Crippen molar-refractivity contribution in [1.29, 1.82) is 0 Å². The third-order valence-electron chi connectivity index (χ3n) is 3.10. The van der Waals surface area contributed by atoms with Crippen molar-refractivity contribution >= 4 is 33.1 Å². The van der Waals surface area contributed by atoms with Gasteiger partial charge in [0.25, 0.3) is 5.56 Å². The summed E-state index contributed by atoms with van der Waals surface area (Å²) in [6.07, 6.45) is 9.99. The number of rotatable bonds is 0. The Labute approximate surface area is 130 Å². The summed E-state index contributed by atoms with van der Waals surface area (Å²) in [7, 11) is 0. The molecule has 0 atom stereocenters. The second-order valence-electron chi connectivity index (χ2n) is 4.47. The van der Waals surface area contributed by atoms with Crippen LogP contribution in [-0.2, 0) is 0 Å². The predicted octanol–water partition coefficient (Wildman–Crippen LogP) is 3.21. The molecule has 4 heterocycles. The summed E-state index contributed by atoms with van der Waals surface area (Å²) in [6, 6.07) is 7.47. The van der Waals surface area contributed by atoms with Crippen molar-refractivity contribution in [2.75, 3.05) is 0 Å². The minimum atomic E-state index is -0.0874. The van der Waals surface area contributed by atoms with Gasteiger partial charge in [-0.05, 0) is 35.0 Å². The second kappa shape index (κ2) is 6.32. The Hall–Kier alpha value is -2.79. The van der Waals surface area contributed by atoms with Crippen LogP contribution in [0.3, 0.4) is 0 Å². The van der Waals surface area contributed by atoms with Crippen LogP contribution in [0.5, 0.6) is 0 Å². The van der Waals surface area contributed by atoms with Crippen molar-refractivity contribution in [1.82, 2.24) is 19.9 Å². The van der Waals surface area contributed by atoms with Gasteiger partial charge in [-0.2, -0.15) is 0 Å². The van der Waals surface area contributed by atoms with Crippen LogP contribution in [0.1, 0.15) is 0 Å². The maximum atomic E-state index is 11.1. The average Bonchev–Trinajstić information content (AvgIpc) is 2.57. The minimum Gasteiger partial charge on any atom is -0.329 e.